The normalized spacial score (nSPS) is 23.8. The highest BCUT2D eigenvalue weighted by atomic mass is 32.2. The van der Waals surface area contributed by atoms with E-state index in [2.05, 4.69) is 0 Å². The van der Waals surface area contributed by atoms with Crippen LogP contribution < -0.4 is 0 Å². The first-order chi connectivity index (χ1) is 9.30. The van der Waals surface area contributed by atoms with Gasteiger partial charge in [0.05, 0.1) is 11.4 Å². The first kappa shape index (κ1) is 15.0. The molecule has 6 heteroatoms. The van der Waals surface area contributed by atoms with Crippen LogP contribution in [0.3, 0.4) is 0 Å². The predicted molar refractivity (Wildman–Crippen MR) is 74.7 cm³/mol. The van der Waals surface area contributed by atoms with Crippen LogP contribution in [0.2, 0.25) is 0 Å². The van der Waals surface area contributed by atoms with E-state index >= 15 is 0 Å². The fourth-order valence-corrected chi connectivity index (χ4v) is 4.13. The first-order valence-electron chi connectivity index (χ1n) is 6.56. The molecule has 0 N–H and O–H groups in total. The molecule has 1 saturated heterocycles. The van der Waals surface area contributed by atoms with Crippen LogP contribution in [-0.4, -0.2) is 37.4 Å². The van der Waals surface area contributed by atoms with Crippen molar-refractivity contribution in [2.75, 3.05) is 6.54 Å². The quantitative estimate of drug-likeness (QED) is 0.797. The molecule has 20 heavy (non-hydrogen) atoms. The second kappa shape index (κ2) is 5.54. The summed E-state index contributed by atoms with van der Waals surface area (Å²) in [5.74, 6) is -0.378. The van der Waals surface area contributed by atoms with E-state index in [1.807, 2.05) is 13.8 Å². The maximum absolute atomic E-state index is 12.6. The molecule has 0 aliphatic carbocycles. The largest absolute Gasteiger partial charge is 0.461 e. The van der Waals surface area contributed by atoms with E-state index in [9.17, 15) is 13.2 Å². The van der Waals surface area contributed by atoms with E-state index in [0.717, 1.165) is 5.56 Å². The molecule has 1 heterocycles. The molecule has 1 aliphatic rings. The molecule has 1 aliphatic heterocycles. The molecule has 1 aromatic rings. The minimum atomic E-state index is -3.53. The zero-order valence-electron chi connectivity index (χ0n) is 11.9. The van der Waals surface area contributed by atoms with Crippen LogP contribution in [0.15, 0.2) is 29.2 Å². The summed E-state index contributed by atoms with van der Waals surface area (Å²) in [6.45, 7) is 5.29. The second-order valence-corrected chi connectivity index (χ2v) is 7.09. The first-order valence-corrected chi connectivity index (χ1v) is 8.00. The predicted octanol–water partition coefficient (Wildman–Crippen LogP) is 1.71. The van der Waals surface area contributed by atoms with Crippen LogP contribution in [0.5, 0.6) is 0 Å². The highest BCUT2D eigenvalue weighted by Crippen LogP contribution is 2.27. The SMILES string of the molecule is CC(=O)O[C@H]1C[C@H](C)N(S(=O)(=O)c2ccc(C)cc2)C1. The summed E-state index contributed by atoms with van der Waals surface area (Å²) < 4.78 is 31.7. The lowest BCUT2D eigenvalue weighted by Crippen LogP contribution is -2.34. The lowest BCUT2D eigenvalue weighted by Gasteiger charge is -2.20. The van der Waals surface area contributed by atoms with Crippen LogP contribution in [0, 0.1) is 6.92 Å². The molecule has 0 radical (unpaired) electrons. The molecule has 2 rings (SSSR count). The van der Waals surface area contributed by atoms with Crippen LogP contribution in [-0.2, 0) is 19.6 Å². The highest BCUT2D eigenvalue weighted by Gasteiger charge is 2.39. The van der Waals surface area contributed by atoms with Gasteiger partial charge in [-0.25, -0.2) is 8.42 Å². The third kappa shape index (κ3) is 3.02. The van der Waals surface area contributed by atoms with Crippen molar-refractivity contribution in [3.05, 3.63) is 29.8 Å². The number of hydrogen-bond donors (Lipinski definition) is 0. The molecular formula is C14H19NO4S. The minimum absolute atomic E-state index is 0.175. The molecule has 0 unspecified atom stereocenters. The molecule has 1 fully saturated rings. The van der Waals surface area contributed by atoms with Gasteiger partial charge in [-0.1, -0.05) is 17.7 Å². The Morgan fingerprint density at radius 3 is 2.45 bits per heavy atom. The monoisotopic (exact) mass is 297 g/mol. The van der Waals surface area contributed by atoms with Crippen LogP contribution in [0.1, 0.15) is 25.8 Å². The number of benzene rings is 1. The fraction of sp³-hybridized carbons (Fsp3) is 0.500. The molecule has 0 amide bonds. The Kier molecular flexibility index (Phi) is 4.15. The number of sulfonamides is 1. The highest BCUT2D eigenvalue weighted by molar-refractivity contribution is 7.89. The number of carbonyl (C=O) groups excluding carboxylic acids is 1. The van der Waals surface area contributed by atoms with Crippen molar-refractivity contribution in [3.63, 3.8) is 0 Å². The summed E-state index contributed by atoms with van der Waals surface area (Å²) in [6.07, 6.45) is 0.174. The standard InChI is InChI=1S/C14H19NO4S/c1-10-4-6-14(7-5-10)20(17,18)15-9-13(8-11(15)2)19-12(3)16/h4-7,11,13H,8-9H2,1-3H3/t11-,13-/m0/s1. The zero-order chi connectivity index (χ0) is 14.9. The minimum Gasteiger partial charge on any atom is -0.461 e. The lowest BCUT2D eigenvalue weighted by molar-refractivity contribution is -0.145. The van der Waals surface area contributed by atoms with Crippen LogP contribution >= 0.6 is 0 Å². The van der Waals surface area contributed by atoms with Crippen molar-refractivity contribution >= 4 is 16.0 Å². The number of carbonyl (C=O) groups is 1. The Hall–Kier alpha value is -1.40. The van der Waals surface area contributed by atoms with Crippen molar-refractivity contribution in [2.24, 2.45) is 0 Å². The van der Waals surface area contributed by atoms with Crippen molar-refractivity contribution in [1.82, 2.24) is 4.31 Å². The number of ether oxygens (including phenoxy) is 1. The van der Waals surface area contributed by atoms with Gasteiger partial charge in [-0.05, 0) is 26.0 Å². The smallest absolute Gasteiger partial charge is 0.302 e. The number of esters is 1. The summed E-state index contributed by atoms with van der Waals surface area (Å²) in [4.78, 5) is 11.3. The Morgan fingerprint density at radius 2 is 1.90 bits per heavy atom. The van der Waals surface area contributed by atoms with Crippen molar-refractivity contribution < 1.29 is 17.9 Å². The van der Waals surface area contributed by atoms with Gasteiger partial charge in [-0.15, -0.1) is 0 Å². The molecule has 0 bridgehead atoms. The topological polar surface area (TPSA) is 63.7 Å². The lowest BCUT2D eigenvalue weighted by atomic mass is 10.2. The van der Waals surface area contributed by atoms with Gasteiger partial charge in [0.2, 0.25) is 10.0 Å². The molecule has 2 atom stereocenters. The average molecular weight is 297 g/mol. The zero-order valence-corrected chi connectivity index (χ0v) is 12.7. The third-order valence-electron chi connectivity index (χ3n) is 3.44. The molecule has 1 aromatic carbocycles. The maximum Gasteiger partial charge on any atom is 0.302 e. The fourth-order valence-electron chi connectivity index (χ4n) is 2.45. The number of nitrogens with zero attached hydrogens (tertiary/aromatic N) is 1. The van der Waals surface area contributed by atoms with Crippen LogP contribution in [0.4, 0.5) is 0 Å². The van der Waals surface area contributed by atoms with Crippen LogP contribution in [0.25, 0.3) is 0 Å². The van der Waals surface area contributed by atoms with E-state index in [-0.39, 0.29) is 29.6 Å². The number of aryl methyl sites for hydroxylation is 1. The van der Waals surface area contributed by atoms with Gasteiger partial charge in [0, 0.05) is 19.4 Å². The Morgan fingerprint density at radius 1 is 1.30 bits per heavy atom. The van der Waals surface area contributed by atoms with Gasteiger partial charge in [-0.2, -0.15) is 4.31 Å². The molecule has 5 nitrogen and oxygen atoms in total. The van der Waals surface area contributed by atoms with E-state index in [0.29, 0.717) is 6.42 Å². The maximum atomic E-state index is 12.6. The van der Waals surface area contributed by atoms with E-state index in [4.69, 9.17) is 4.74 Å². The Bertz CT molecular complexity index is 594. The summed E-state index contributed by atoms with van der Waals surface area (Å²) in [5.41, 5.74) is 1.01. The van der Waals surface area contributed by atoms with E-state index in [1.165, 1.54) is 11.2 Å². The van der Waals surface area contributed by atoms with Crippen molar-refractivity contribution in [2.45, 2.75) is 44.2 Å². The summed E-state index contributed by atoms with van der Waals surface area (Å²) in [6, 6.07) is 6.59. The summed E-state index contributed by atoms with van der Waals surface area (Å²) >= 11 is 0. The van der Waals surface area contributed by atoms with E-state index < -0.39 is 10.0 Å². The molecule has 110 valence electrons. The van der Waals surface area contributed by atoms with Gasteiger partial charge in [-0.3, -0.25) is 4.79 Å². The average Bonchev–Trinajstić information content (AvgIpc) is 2.70. The van der Waals surface area contributed by atoms with Gasteiger partial charge >= 0.3 is 5.97 Å². The van der Waals surface area contributed by atoms with Gasteiger partial charge in [0.1, 0.15) is 6.10 Å². The van der Waals surface area contributed by atoms with Gasteiger partial charge < -0.3 is 4.74 Å². The third-order valence-corrected chi connectivity index (χ3v) is 5.43. The van der Waals surface area contributed by atoms with Crippen molar-refractivity contribution in [3.8, 4) is 0 Å². The van der Waals surface area contributed by atoms with E-state index in [1.54, 1.807) is 24.3 Å². The molecular weight excluding hydrogens is 278 g/mol. The second-order valence-electron chi connectivity index (χ2n) is 5.20. The number of hydrogen-bond acceptors (Lipinski definition) is 4. The summed E-state index contributed by atoms with van der Waals surface area (Å²) in [5, 5.41) is 0. The van der Waals surface area contributed by atoms with Gasteiger partial charge in [0.25, 0.3) is 0 Å². The number of rotatable bonds is 3. The molecule has 0 spiro atoms. The molecule has 0 saturated carbocycles. The Balaban J connectivity index is 2.22. The van der Waals surface area contributed by atoms with Gasteiger partial charge in [0.15, 0.2) is 0 Å². The molecule has 0 aromatic heterocycles. The van der Waals surface area contributed by atoms with Crippen molar-refractivity contribution in [1.29, 1.82) is 0 Å². The Labute approximate surface area is 119 Å². The summed E-state index contributed by atoms with van der Waals surface area (Å²) in [7, 11) is -3.53.